The number of piperidine rings is 1. The van der Waals surface area contributed by atoms with Gasteiger partial charge in [-0.05, 0) is 50.6 Å². The molecule has 2 aromatic rings. The SMILES string of the molecule is Cc1csc(Nc2ccc(NC(=O)C3CCCNC3)cc2)n1.Cl. The number of nitrogens with one attached hydrogen (secondary N) is 3. The molecule has 0 radical (unpaired) electrons. The molecular weight excluding hydrogens is 332 g/mol. The second-order valence-corrected chi connectivity index (χ2v) is 6.39. The van der Waals surface area contributed by atoms with Crippen LogP contribution >= 0.6 is 23.7 Å². The van der Waals surface area contributed by atoms with Gasteiger partial charge < -0.3 is 16.0 Å². The highest BCUT2D eigenvalue weighted by Crippen LogP contribution is 2.22. The van der Waals surface area contributed by atoms with Crippen molar-refractivity contribution < 1.29 is 4.79 Å². The Labute approximate surface area is 146 Å². The molecule has 124 valence electrons. The number of amides is 1. The molecule has 0 bridgehead atoms. The van der Waals surface area contributed by atoms with E-state index in [1.54, 1.807) is 11.3 Å². The van der Waals surface area contributed by atoms with Gasteiger partial charge in [0.1, 0.15) is 0 Å². The van der Waals surface area contributed by atoms with E-state index in [2.05, 4.69) is 20.9 Å². The molecule has 3 rings (SSSR count). The van der Waals surface area contributed by atoms with Gasteiger partial charge in [-0.1, -0.05) is 0 Å². The molecular formula is C16H21ClN4OS. The zero-order chi connectivity index (χ0) is 15.4. The molecule has 1 aliphatic heterocycles. The minimum atomic E-state index is 0. The van der Waals surface area contributed by atoms with Crippen LogP contribution in [0.25, 0.3) is 0 Å². The van der Waals surface area contributed by atoms with Gasteiger partial charge in [-0.2, -0.15) is 0 Å². The molecule has 3 N–H and O–H groups in total. The highest BCUT2D eigenvalue weighted by molar-refractivity contribution is 7.13. The smallest absolute Gasteiger partial charge is 0.228 e. The van der Waals surface area contributed by atoms with E-state index in [4.69, 9.17) is 0 Å². The summed E-state index contributed by atoms with van der Waals surface area (Å²) in [6.07, 6.45) is 2.02. The van der Waals surface area contributed by atoms with Gasteiger partial charge in [-0.25, -0.2) is 4.98 Å². The Morgan fingerprint density at radius 2 is 2.04 bits per heavy atom. The number of hydrogen-bond donors (Lipinski definition) is 3. The van der Waals surface area contributed by atoms with Gasteiger partial charge in [0.05, 0.1) is 11.6 Å². The highest BCUT2D eigenvalue weighted by Gasteiger charge is 2.20. The lowest BCUT2D eigenvalue weighted by Crippen LogP contribution is -2.37. The molecule has 7 heteroatoms. The first kappa shape index (κ1) is 17.7. The monoisotopic (exact) mass is 352 g/mol. The zero-order valence-corrected chi connectivity index (χ0v) is 14.6. The maximum Gasteiger partial charge on any atom is 0.228 e. The van der Waals surface area contributed by atoms with Crippen molar-refractivity contribution in [3.63, 3.8) is 0 Å². The van der Waals surface area contributed by atoms with Gasteiger partial charge in [0.15, 0.2) is 5.13 Å². The van der Waals surface area contributed by atoms with Gasteiger partial charge in [-0.3, -0.25) is 4.79 Å². The number of rotatable bonds is 4. The Kier molecular flexibility index (Phi) is 6.38. The molecule has 1 aliphatic rings. The quantitative estimate of drug-likeness (QED) is 0.787. The van der Waals surface area contributed by atoms with Crippen LogP contribution in [-0.4, -0.2) is 24.0 Å². The maximum absolute atomic E-state index is 12.2. The molecule has 1 unspecified atom stereocenters. The third kappa shape index (κ3) is 4.92. The van der Waals surface area contributed by atoms with Crippen molar-refractivity contribution >= 4 is 46.2 Å². The molecule has 0 saturated carbocycles. The summed E-state index contributed by atoms with van der Waals surface area (Å²) in [6, 6.07) is 7.73. The molecule has 1 aromatic heterocycles. The molecule has 5 nitrogen and oxygen atoms in total. The van der Waals surface area contributed by atoms with E-state index in [-0.39, 0.29) is 24.2 Å². The molecule has 1 atom stereocenters. The van der Waals surface area contributed by atoms with Gasteiger partial charge in [0.25, 0.3) is 0 Å². The van der Waals surface area contributed by atoms with E-state index in [1.165, 1.54) is 0 Å². The van der Waals surface area contributed by atoms with Crippen LogP contribution in [-0.2, 0) is 4.79 Å². The molecule has 1 amide bonds. The van der Waals surface area contributed by atoms with E-state index >= 15 is 0 Å². The van der Waals surface area contributed by atoms with E-state index in [1.807, 2.05) is 36.6 Å². The van der Waals surface area contributed by atoms with Crippen molar-refractivity contribution in [2.75, 3.05) is 23.7 Å². The third-order valence-corrected chi connectivity index (χ3v) is 4.57. The van der Waals surface area contributed by atoms with Gasteiger partial charge in [-0.15, -0.1) is 23.7 Å². The van der Waals surface area contributed by atoms with E-state index < -0.39 is 0 Å². The van der Waals surface area contributed by atoms with Crippen LogP contribution in [0.2, 0.25) is 0 Å². The first-order chi connectivity index (χ1) is 10.7. The van der Waals surface area contributed by atoms with Crippen LogP contribution in [0.1, 0.15) is 18.5 Å². The summed E-state index contributed by atoms with van der Waals surface area (Å²) in [6.45, 7) is 3.76. The standard InChI is InChI=1S/C16H20N4OS.ClH/c1-11-10-22-16(18-11)20-14-6-4-13(5-7-14)19-15(21)12-3-2-8-17-9-12;/h4-7,10,12,17H,2-3,8-9H2,1H3,(H,18,20)(H,19,21);1H. The fourth-order valence-corrected chi connectivity index (χ4v) is 3.20. The van der Waals surface area contributed by atoms with E-state index in [0.29, 0.717) is 0 Å². The average molecular weight is 353 g/mol. The Morgan fingerprint density at radius 3 is 2.65 bits per heavy atom. The lowest BCUT2D eigenvalue weighted by atomic mass is 9.99. The van der Waals surface area contributed by atoms with Gasteiger partial charge in [0.2, 0.25) is 5.91 Å². The van der Waals surface area contributed by atoms with Crippen LogP contribution in [0.3, 0.4) is 0 Å². The first-order valence-corrected chi connectivity index (χ1v) is 8.39. The van der Waals surface area contributed by atoms with E-state index in [0.717, 1.165) is 48.1 Å². The van der Waals surface area contributed by atoms with Crippen LogP contribution in [0.15, 0.2) is 29.6 Å². The summed E-state index contributed by atoms with van der Waals surface area (Å²) < 4.78 is 0. The summed E-state index contributed by atoms with van der Waals surface area (Å²) >= 11 is 1.58. The van der Waals surface area contributed by atoms with Crippen molar-refractivity contribution in [2.45, 2.75) is 19.8 Å². The number of carbonyl (C=O) groups is 1. The predicted octanol–water partition coefficient (Wildman–Crippen LogP) is 3.56. The normalized spacial score (nSPS) is 17.2. The Morgan fingerprint density at radius 1 is 1.30 bits per heavy atom. The number of aromatic nitrogens is 1. The zero-order valence-electron chi connectivity index (χ0n) is 13.0. The summed E-state index contributed by atoms with van der Waals surface area (Å²) in [5.41, 5.74) is 2.81. The number of halogens is 1. The fraction of sp³-hybridized carbons (Fsp3) is 0.375. The molecule has 23 heavy (non-hydrogen) atoms. The van der Waals surface area contributed by atoms with Crippen molar-refractivity contribution in [3.8, 4) is 0 Å². The topological polar surface area (TPSA) is 66.0 Å². The number of carbonyl (C=O) groups excluding carboxylic acids is 1. The second-order valence-electron chi connectivity index (χ2n) is 5.53. The number of nitrogens with zero attached hydrogens (tertiary/aromatic N) is 1. The van der Waals surface area contributed by atoms with E-state index in [9.17, 15) is 4.79 Å². The molecule has 0 aliphatic carbocycles. The maximum atomic E-state index is 12.2. The summed E-state index contributed by atoms with van der Waals surface area (Å²) in [7, 11) is 0. The lowest BCUT2D eigenvalue weighted by molar-refractivity contribution is -0.120. The average Bonchev–Trinajstić information content (AvgIpc) is 2.95. The van der Waals surface area contributed by atoms with Crippen molar-refractivity contribution in [1.29, 1.82) is 0 Å². The molecule has 0 spiro atoms. The van der Waals surface area contributed by atoms with Crippen LogP contribution < -0.4 is 16.0 Å². The Hall–Kier alpha value is -1.63. The fourth-order valence-electron chi connectivity index (χ4n) is 2.49. The summed E-state index contributed by atoms with van der Waals surface area (Å²) in [5.74, 6) is 0.174. The largest absolute Gasteiger partial charge is 0.332 e. The highest BCUT2D eigenvalue weighted by atomic mass is 35.5. The van der Waals surface area contributed by atoms with Gasteiger partial charge in [0, 0.05) is 23.3 Å². The van der Waals surface area contributed by atoms with Crippen LogP contribution in [0.5, 0.6) is 0 Å². The van der Waals surface area contributed by atoms with Crippen LogP contribution in [0.4, 0.5) is 16.5 Å². The van der Waals surface area contributed by atoms with Gasteiger partial charge >= 0.3 is 0 Å². The molecule has 1 fully saturated rings. The molecule has 1 aromatic carbocycles. The Balaban J connectivity index is 0.00000192. The number of aryl methyl sites for hydroxylation is 1. The number of thiazole rings is 1. The number of benzene rings is 1. The molecule has 1 saturated heterocycles. The minimum absolute atomic E-state index is 0. The second kappa shape index (κ2) is 8.29. The Bertz CT molecular complexity index is 638. The van der Waals surface area contributed by atoms with Crippen molar-refractivity contribution in [2.24, 2.45) is 5.92 Å². The summed E-state index contributed by atoms with van der Waals surface area (Å²) in [5, 5.41) is 12.4. The predicted molar refractivity (Wildman–Crippen MR) is 98.0 cm³/mol. The summed E-state index contributed by atoms with van der Waals surface area (Å²) in [4.78, 5) is 16.5. The number of anilines is 3. The van der Waals surface area contributed by atoms with Crippen molar-refractivity contribution in [1.82, 2.24) is 10.3 Å². The van der Waals surface area contributed by atoms with Crippen LogP contribution in [0, 0.1) is 12.8 Å². The van der Waals surface area contributed by atoms with Crippen molar-refractivity contribution in [3.05, 3.63) is 35.3 Å². The minimum Gasteiger partial charge on any atom is -0.332 e. The lowest BCUT2D eigenvalue weighted by Gasteiger charge is -2.21. The first-order valence-electron chi connectivity index (χ1n) is 7.51. The molecule has 2 heterocycles. The third-order valence-electron chi connectivity index (χ3n) is 3.69. The number of hydrogen-bond acceptors (Lipinski definition) is 5.